The van der Waals surface area contributed by atoms with Gasteiger partial charge < -0.3 is 24.6 Å². The van der Waals surface area contributed by atoms with Crippen molar-refractivity contribution in [1.82, 2.24) is 0 Å². The molecule has 0 saturated carbocycles. The summed E-state index contributed by atoms with van der Waals surface area (Å²) in [6.45, 7) is 2.24. The van der Waals surface area contributed by atoms with Crippen LogP contribution in [0.1, 0.15) is 168 Å². The number of phosphoric acid groups is 1. The van der Waals surface area contributed by atoms with Gasteiger partial charge in [-0.25, -0.2) is 4.57 Å². The van der Waals surface area contributed by atoms with Crippen molar-refractivity contribution in [2.45, 2.75) is 180 Å². The van der Waals surface area contributed by atoms with Gasteiger partial charge in [-0.05, 0) is 77.0 Å². The molecule has 57 heavy (non-hydrogen) atoms. The molecule has 0 aliphatic rings. The second kappa shape index (κ2) is 41.6. The highest BCUT2D eigenvalue weighted by Crippen LogP contribution is 2.43. The molecule has 0 fully saturated rings. The van der Waals surface area contributed by atoms with E-state index in [0.29, 0.717) is 12.8 Å². The van der Waals surface area contributed by atoms with Crippen LogP contribution in [0, 0.1) is 0 Å². The Labute approximate surface area is 346 Å². The van der Waals surface area contributed by atoms with Gasteiger partial charge in [-0.1, -0.05) is 151 Å². The average molecular weight is 823 g/mol. The Morgan fingerprint density at radius 2 is 0.947 bits per heavy atom. The topological polar surface area (TPSA) is 149 Å². The summed E-state index contributed by atoms with van der Waals surface area (Å²) in [6, 6.07) is 0. The Bertz CT molecular complexity index is 1180. The first-order valence-electron chi connectivity index (χ1n) is 21.9. The number of rotatable bonds is 40. The Kier molecular flexibility index (Phi) is 39.7. The van der Waals surface area contributed by atoms with Crippen molar-refractivity contribution < 1.29 is 47.8 Å². The van der Waals surface area contributed by atoms with Crippen LogP contribution in [0.15, 0.2) is 72.9 Å². The highest BCUT2D eigenvalue weighted by atomic mass is 31.2. The first-order valence-corrected chi connectivity index (χ1v) is 23.4. The molecule has 3 atom stereocenters. The highest BCUT2D eigenvalue weighted by Gasteiger charge is 2.27. The molecule has 0 aromatic heterocycles. The van der Waals surface area contributed by atoms with E-state index >= 15 is 0 Å². The van der Waals surface area contributed by atoms with Crippen molar-refractivity contribution >= 4 is 19.8 Å². The minimum Gasteiger partial charge on any atom is -0.462 e. The zero-order valence-electron chi connectivity index (χ0n) is 35.5. The molecule has 1 unspecified atom stereocenters. The first kappa shape index (κ1) is 54.4. The zero-order valence-corrected chi connectivity index (χ0v) is 36.4. The fourth-order valence-corrected chi connectivity index (χ4v) is 6.23. The molecule has 0 aromatic carbocycles. The molecule has 0 amide bonds. The quantitative estimate of drug-likeness (QED) is 0.0236. The largest absolute Gasteiger partial charge is 0.472 e. The first-order chi connectivity index (χ1) is 27.7. The number of carbonyl (C=O) groups excluding carboxylic acids is 2. The van der Waals surface area contributed by atoms with Crippen molar-refractivity contribution in [2.24, 2.45) is 0 Å². The smallest absolute Gasteiger partial charge is 0.462 e. The third kappa shape index (κ3) is 41.4. The van der Waals surface area contributed by atoms with Crippen LogP contribution in [0.2, 0.25) is 0 Å². The van der Waals surface area contributed by atoms with Crippen LogP contribution in [0.4, 0.5) is 0 Å². The molecule has 0 aliphatic heterocycles. The maximum absolute atomic E-state index is 12.6. The number of aliphatic hydroxyl groups is 2. The summed E-state index contributed by atoms with van der Waals surface area (Å²) >= 11 is 0. The van der Waals surface area contributed by atoms with Gasteiger partial charge in [0, 0.05) is 12.8 Å². The van der Waals surface area contributed by atoms with Crippen LogP contribution in [0.5, 0.6) is 0 Å². The molecular formula is C46H79O10P. The number of carbonyl (C=O) groups is 2. The summed E-state index contributed by atoms with van der Waals surface area (Å²) in [5.74, 6) is -1.04. The van der Waals surface area contributed by atoms with Gasteiger partial charge in [0.05, 0.1) is 19.8 Å². The molecule has 3 N–H and O–H groups in total. The highest BCUT2D eigenvalue weighted by molar-refractivity contribution is 7.47. The van der Waals surface area contributed by atoms with Gasteiger partial charge in [0.25, 0.3) is 0 Å². The lowest BCUT2D eigenvalue weighted by atomic mass is 10.1. The lowest BCUT2D eigenvalue weighted by molar-refractivity contribution is -0.161. The summed E-state index contributed by atoms with van der Waals surface area (Å²) in [6.07, 6.45) is 47.4. The van der Waals surface area contributed by atoms with Gasteiger partial charge in [-0.2, -0.15) is 0 Å². The number of unbranched alkanes of at least 4 members (excludes halogenated alkanes) is 14. The molecule has 0 aliphatic carbocycles. The SMILES string of the molecule is CCCCC/C=C\C/C=C\C/C=C\C/C=C\C/C=C\CCC(=O)O[C@H](COC(=O)CCCCCCC/C=C\CCCCCCCC)COP(=O)(O)OC[C@@H](O)CO. The molecule has 0 saturated heterocycles. The Morgan fingerprint density at radius 3 is 1.49 bits per heavy atom. The number of aliphatic hydroxyl groups excluding tert-OH is 2. The lowest BCUT2D eigenvalue weighted by Crippen LogP contribution is -2.29. The van der Waals surface area contributed by atoms with E-state index in [1.54, 1.807) is 0 Å². The molecule has 0 spiro atoms. The average Bonchev–Trinajstić information content (AvgIpc) is 3.20. The monoisotopic (exact) mass is 823 g/mol. The van der Waals surface area contributed by atoms with E-state index in [-0.39, 0.29) is 19.4 Å². The van der Waals surface area contributed by atoms with Crippen molar-refractivity contribution in [3.05, 3.63) is 72.9 Å². The second-order valence-electron chi connectivity index (χ2n) is 14.4. The number of hydrogen-bond acceptors (Lipinski definition) is 9. The van der Waals surface area contributed by atoms with Crippen molar-refractivity contribution in [3.8, 4) is 0 Å². The fraction of sp³-hybridized carbons (Fsp3) is 0.696. The van der Waals surface area contributed by atoms with E-state index in [1.807, 2.05) is 12.2 Å². The number of phosphoric ester groups is 1. The van der Waals surface area contributed by atoms with E-state index in [1.165, 1.54) is 64.2 Å². The Balaban J connectivity index is 4.45. The van der Waals surface area contributed by atoms with E-state index in [0.717, 1.165) is 64.2 Å². The standard InChI is InChI=1S/C46H79O10P/c1-3-5-7-9-11-13-15-17-19-20-21-22-24-26-28-30-32-34-36-38-46(50)56-44(42-55-57(51,52)54-40-43(48)39-47)41-53-45(49)37-35-33-31-29-27-25-23-18-16-14-12-10-8-6-4-2/h11,13,17-19,21-23,26,28,32,34,43-44,47-48H,3-10,12,14-16,20,24-25,27,29-31,33,35-42H2,1-2H3,(H,51,52)/b13-11-,19-17-,22-21-,23-18-,28-26-,34-32-/t43-,44+/m0/s1. The molecule has 0 heterocycles. The van der Waals surface area contributed by atoms with Crippen LogP contribution in [0.25, 0.3) is 0 Å². The summed E-state index contributed by atoms with van der Waals surface area (Å²) in [7, 11) is -4.64. The van der Waals surface area contributed by atoms with Gasteiger partial charge in [0.1, 0.15) is 12.7 Å². The van der Waals surface area contributed by atoms with E-state index < -0.39 is 51.8 Å². The van der Waals surface area contributed by atoms with Crippen molar-refractivity contribution in [1.29, 1.82) is 0 Å². The van der Waals surface area contributed by atoms with Crippen molar-refractivity contribution in [3.63, 3.8) is 0 Å². The number of ether oxygens (including phenoxy) is 2. The van der Waals surface area contributed by atoms with Crippen LogP contribution in [0.3, 0.4) is 0 Å². The Hall–Kier alpha value is -2.59. The van der Waals surface area contributed by atoms with E-state index in [9.17, 15) is 24.2 Å². The third-order valence-corrected chi connectivity index (χ3v) is 9.80. The number of allylic oxidation sites excluding steroid dienone is 12. The molecule has 0 radical (unpaired) electrons. The maximum atomic E-state index is 12.6. The van der Waals surface area contributed by atoms with Gasteiger partial charge in [-0.15, -0.1) is 0 Å². The second-order valence-corrected chi connectivity index (χ2v) is 15.8. The molecule has 10 nitrogen and oxygen atoms in total. The van der Waals surface area contributed by atoms with Crippen LogP contribution >= 0.6 is 7.82 Å². The normalized spacial score (nSPS) is 14.5. The van der Waals surface area contributed by atoms with E-state index in [2.05, 4.69) is 79.1 Å². The predicted molar refractivity (Wildman–Crippen MR) is 233 cm³/mol. The lowest BCUT2D eigenvalue weighted by Gasteiger charge is -2.20. The van der Waals surface area contributed by atoms with Crippen LogP contribution in [-0.4, -0.2) is 65.7 Å². The molecule has 11 heteroatoms. The molecule has 0 aromatic rings. The number of hydrogen-bond donors (Lipinski definition) is 3. The summed E-state index contributed by atoms with van der Waals surface area (Å²) in [5.41, 5.74) is 0. The molecule has 0 rings (SSSR count). The maximum Gasteiger partial charge on any atom is 0.472 e. The number of esters is 2. The molecular weight excluding hydrogens is 743 g/mol. The fourth-order valence-electron chi connectivity index (χ4n) is 5.44. The zero-order chi connectivity index (χ0) is 41.9. The summed E-state index contributed by atoms with van der Waals surface area (Å²) in [5, 5.41) is 18.3. The van der Waals surface area contributed by atoms with Gasteiger partial charge >= 0.3 is 19.8 Å². The van der Waals surface area contributed by atoms with Crippen molar-refractivity contribution in [2.75, 3.05) is 26.4 Å². The van der Waals surface area contributed by atoms with Crippen LogP contribution < -0.4 is 0 Å². The van der Waals surface area contributed by atoms with Gasteiger partial charge in [0.15, 0.2) is 6.10 Å². The minimum atomic E-state index is -4.64. The van der Waals surface area contributed by atoms with Gasteiger partial charge in [-0.3, -0.25) is 18.6 Å². The third-order valence-electron chi connectivity index (χ3n) is 8.85. The van der Waals surface area contributed by atoms with Crippen LogP contribution in [-0.2, 0) is 32.7 Å². The molecule has 0 bridgehead atoms. The summed E-state index contributed by atoms with van der Waals surface area (Å²) in [4.78, 5) is 34.9. The Morgan fingerprint density at radius 1 is 0.526 bits per heavy atom. The van der Waals surface area contributed by atoms with E-state index in [4.69, 9.17) is 19.1 Å². The summed E-state index contributed by atoms with van der Waals surface area (Å²) < 4.78 is 32.6. The predicted octanol–water partition coefficient (Wildman–Crippen LogP) is 11.7. The minimum absolute atomic E-state index is 0.0560. The van der Waals surface area contributed by atoms with Gasteiger partial charge in [0.2, 0.25) is 0 Å². The molecule has 328 valence electrons.